The SMILES string of the molecule is C[C@H](CCC(=O)N(C)CCS(=O)(=O)O)[C@H]1CCC2C3C(O)CC4C[C@H](O)CC[C@]4(C)C3CC[C@@]21C. The molecule has 35 heavy (non-hydrogen) atoms. The van der Waals surface area contributed by atoms with Gasteiger partial charge in [-0.3, -0.25) is 9.35 Å². The van der Waals surface area contributed by atoms with Crippen LogP contribution in [0, 0.1) is 46.3 Å². The molecule has 0 bridgehead atoms. The highest BCUT2D eigenvalue weighted by Gasteiger charge is 2.62. The minimum atomic E-state index is -4.07. The van der Waals surface area contributed by atoms with Crippen LogP contribution >= 0.6 is 0 Å². The van der Waals surface area contributed by atoms with Crippen LogP contribution in [0.3, 0.4) is 0 Å². The quantitative estimate of drug-likeness (QED) is 0.447. The monoisotopic (exact) mass is 513 g/mol. The molecule has 0 spiro atoms. The summed E-state index contributed by atoms with van der Waals surface area (Å²) in [5.74, 6) is 2.21. The number of nitrogens with zero attached hydrogens (tertiary/aromatic N) is 1. The minimum Gasteiger partial charge on any atom is -0.393 e. The number of fused-ring (bicyclic) bond motifs is 5. The molecule has 4 aliphatic carbocycles. The zero-order chi connectivity index (χ0) is 25.8. The van der Waals surface area contributed by atoms with Crippen LogP contribution < -0.4 is 0 Å². The average molecular weight is 514 g/mol. The zero-order valence-corrected chi connectivity index (χ0v) is 22.8. The Labute approximate surface area is 211 Å². The van der Waals surface area contributed by atoms with Gasteiger partial charge < -0.3 is 15.1 Å². The lowest BCUT2D eigenvalue weighted by Crippen LogP contribution is -2.58. The van der Waals surface area contributed by atoms with Crippen molar-refractivity contribution in [1.82, 2.24) is 4.90 Å². The van der Waals surface area contributed by atoms with Crippen molar-refractivity contribution in [3.63, 3.8) is 0 Å². The van der Waals surface area contributed by atoms with Crippen LogP contribution in [0.4, 0.5) is 0 Å². The summed E-state index contributed by atoms with van der Waals surface area (Å²) in [6, 6.07) is 0. The largest absolute Gasteiger partial charge is 0.393 e. The fraction of sp³-hybridized carbons (Fsp3) is 0.963. The Morgan fingerprint density at radius 3 is 2.37 bits per heavy atom. The number of rotatable bonds is 7. The molecule has 0 aromatic rings. The molecule has 7 nitrogen and oxygen atoms in total. The van der Waals surface area contributed by atoms with Crippen LogP contribution in [0.5, 0.6) is 0 Å². The average Bonchev–Trinajstić information content (AvgIpc) is 3.13. The van der Waals surface area contributed by atoms with Crippen LogP contribution in [-0.2, 0) is 14.9 Å². The van der Waals surface area contributed by atoms with E-state index in [1.54, 1.807) is 7.05 Å². The van der Waals surface area contributed by atoms with Crippen LogP contribution in [-0.4, -0.2) is 65.5 Å². The molecule has 10 atom stereocenters. The Morgan fingerprint density at radius 1 is 1.03 bits per heavy atom. The van der Waals surface area contributed by atoms with Crippen LogP contribution in [0.25, 0.3) is 0 Å². The van der Waals surface area contributed by atoms with Gasteiger partial charge in [-0.2, -0.15) is 8.42 Å². The summed E-state index contributed by atoms with van der Waals surface area (Å²) in [5.41, 5.74) is 0.409. The number of aliphatic hydroxyl groups excluding tert-OH is 2. The van der Waals surface area contributed by atoms with E-state index in [0.29, 0.717) is 41.9 Å². The molecule has 4 aliphatic rings. The van der Waals surface area contributed by atoms with Gasteiger partial charge in [0.25, 0.3) is 10.1 Å². The second-order valence-corrected chi connectivity index (χ2v) is 14.6. The van der Waals surface area contributed by atoms with E-state index in [2.05, 4.69) is 20.8 Å². The van der Waals surface area contributed by atoms with Crippen molar-refractivity contribution in [2.24, 2.45) is 46.3 Å². The third-order valence-electron chi connectivity index (χ3n) is 11.3. The third-order valence-corrected chi connectivity index (χ3v) is 12.0. The van der Waals surface area contributed by atoms with Gasteiger partial charge in [-0.1, -0.05) is 20.8 Å². The maximum atomic E-state index is 12.6. The molecule has 0 heterocycles. The van der Waals surface area contributed by atoms with Gasteiger partial charge >= 0.3 is 0 Å². The molecule has 0 radical (unpaired) electrons. The summed E-state index contributed by atoms with van der Waals surface area (Å²) >= 11 is 0. The summed E-state index contributed by atoms with van der Waals surface area (Å²) in [6.45, 7) is 7.14. The van der Waals surface area contributed by atoms with Crippen LogP contribution in [0.1, 0.15) is 85.0 Å². The summed E-state index contributed by atoms with van der Waals surface area (Å²) in [7, 11) is -2.48. The number of hydrogen-bond donors (Lipinski definition) is 3. The van der Waals surface area contributed by atoms with Gasteiger partial charge in [-0.15, -0.1) is 0 Å². The van der Waals surface area contributed by atoms with Gasteiger partial charge in [-0.05, 0) is 104 Å². The summed E-state index contributed by atoms with van der Waals surface area (Å²) in [5, 5.41) is 21.7. The Hall–Kier alpha value is -0.700. The third kappa shape index (κ3) is 5.19. The molecule has 8 heteroatoms. The van der Waals surface area contributed by atoms with E-state index in [0.717, 1.165) is 51.4 Å². The number of carbonyl (C=O) groups is 1. The lowest BCUT2D eigenvalue weighted by Gasteiger charge is -2.62. The van der Waals surface area contributed by atoms with E-state index in [1.165, 1.54) is 11.3 Å². The van der Waals surface area contributed by atoms with E-state index in [1.807, 2.05) is 0 Å². The van der Waals surface area contributed by atoms with Crippen molar-refractivity contribution in [3.8, 4) is 0 Å². The second kappa shape index (κ2) is 9.88. The first kappa shape index (κ1) is 27.3. The molecular weight excluding hydrogens is 466 g/mol. The van der Waals surface area contributed by atoms with E-state index in [-0.39, 0.29) is 35.5 Å². The lowest BCUT2D eigenvalue weighted by molar-refractivity contribution is -0.174. The predicted octanol–water partition coefficient (Wildman–Crippen LogP) is 3.74. The highest BCUT2D eigenvalue weighted by Crippen LogP contribution is 2.68. The van der Waals surface area contributed by atoms with E-state index in [9.17, 15) is 23.4 Å². The molecule has 4 fully saturated rings. The molecular formula is C27H47NO6S. The van der Waals surface area contributed by atoms with Crippen molar-refractivity contribution < 1.29 is 28.0 Å². The predicted molar refractivity (Wildman–Crippen MR) is 135 cm³/mol. The topological polar surface area (TPSA) is 115 Å². The molecule has 202 valence electrons. The molecule has 3 N–H and O–H groups in total. The lowest BCUT2D eigenvalue weighted by atomic mass is 9.43. The molecule has 0 aromatic carbocycles. The number of amides is 1. The number of carbonyl (C=O) groups excluding carboxylic acids is 1. The summed E-state index contributed by atoms with van der Waals surface area (Å²) < 4.78 is 30.9. The minimum absolute atomic E-state index is 0.00696. The number of hydrogen-bond acceptors (Lipinski definition) is 5. The standard InChI is InChI=1S/C27H47NO6S/c1-17(5-8-24(31)28(4)13-14-35(32,33)34)20-6-7-21-25-22(10-12-27(20,21)3)26(2)11-9-19(29)15-18(26)16-23(25)30/h17-23,25,29-30H,5-16H2,1-4H3,(H,32,33,34)/t17-,18?,19-,20-,21?,22?,23?,25?,26+,27-/m1/s1. The van der Waals surface area contributed by atoms with Gasteiger partial charge in [0.15, 0.2) is 0 Å². The molecule has 0 saturated heterocycles. The van der Waals surface area contributed by atoms with Crippen LogP contribution in [0.2, 0.25) is 0 Å². The van der Waals surface area contributed by atoms with E-state index >= 15 is 0 Å². The zero-order valence-electron chi connectivity index (χ0n) is 22.0. The van der Waals surface area contributed by atoms with Crippen molar-refractivity contribution in [2.45, 2.75) is 97.2 Å². The van der Waals surface area contributed by atoms with Gasteiger partial charge in [0.2, 0.25) is 5.91 Å². The van der Waals surface area contributed by atoms with E-state index < -0.39 is 15.9 Å². The highest BCUT2D eigenvalue weighted by atomic mass is 32.2. The van der Waals surface area contributed by atoms with E-state index in [4.69, 9.17) is 4.55 Å². The number of aliphatic hydroxyl groups is 2. The fourth-order valence-electron chi connectivity index (χ4n) is 9.30. The Kier molecular flexibility index (Phi) is 7.72. The maximum absolute atomic E-state index is 12.6. The van der Waals surface area contributed by atoms with Crippen molar-refractivity contribution in [3.05, 3.63) is 0 Å². The molecule has 0 aromatic heterocycles. The first-order valence-corrected chi connectivity index (χ1v) is 15.4. The normalized spacial score (nSPS) is 44.1. The second-order valence-electron chi connectivity index (χ2n) is 13.1. The first-order valence-electron chi connectivity index (χ1n) is 13.8. The molecule has 4 rings (SSSR count). The fourth-order valence-corrected chi connectivity index (χ4v) is 9.80. The molecule has 5 unspecified atom stereocenters. The van der Waals surface area contributed by atoms with Gasteiger partial charge in [0, 0.05) is 20.0 Å². The van der Waals surface area contributed by atoms with Gasteiger partial charge in [0.05, 0.1) is 18.0 Å². The van der Waals surface area contributed by atoms with Crippen molar-refractivity contribution in [1.29, 1.82) is 0 Å². The Balaban J connectivity index is 1.40. The molecule has 4 saturated carbocycles. The maximum Gasteiger partial charge on any atom is 0.266 e. The Bertz CT molecular complexity index is 894. The smallest absolute Gasteiger partial charge is 0.266 e. The first-order chi connectivity index (χ1) is 16.3. The molecule has 0 aliphatic heterocycles. The Morgan fingerprint density at radius 2 is 1.69 bits per heavy atom. The summed E-state index contributed by atoms with van der Waals surface area (Å²) in [6.07, 6.45) is 8.91. The van der Waals surface area contributed by atoms with Gasteiger partial charge in [-0.25, -0.2) is 0 Å². The molecule has 1 amide bonds. The van der Waals surface area contributed by atoms with Crippen molar-refractivity contribution >= 4 is 16.0 Å². The van der Waals surface area contributed by atoms with Crippen LogP contribution in [0.15, 0.2) is 0 Å². The van der Waals surface area contributed by atoms with Crippen molar-refractivity contribution in [2.75, 3.05) is 19.3 Å². The van der Waals surface area contributed by atoms with Gasteiger partial charge in [0.1, 0.15) is 0 Å². The highest BCUT2D eigenvalue weighted by molar-refractivity contribution is 7.85. The summed E-state index contributed by atoms with van der Waals surface area (Å²) in [4.78, 5) is 14.0.